The number of nitrogens with zero attached hydrogens (tertiary/aromatic N) is 1. The number of hydrogen-bond acceptors (Lipinski definition) is 3. The summed E-state index contributed by atoms with van der Waals surface area (Å²) in [5.74, 6) is -0.166. The first-order valence-electron chi connectivity index (χ1n) is 6.61. The van der Waals surface area contributed by atoms with Crippen molar-refractivity contribution < 1.29 is 4.79 Å². The summed E-state index contributed by atoms with van der Waals surface area (Å²) in [7, 11) is 3.94. The van der Waals surface area contributed by atoms with Crippen LogP contribution in [-0.2, 0) is 4.79 Å². The zero-order valence-corrected chi connectivity index (χ0v) is 13.6. The van der Waals surface area contributed by atoms with E-state index in [1.165, 1.54) is 0 Å². The number of nitrogens with one attached hydrogen (secondary N) is 1. The number of thiocarbonyl (C=S) groups is 1. The molecule has 1 amide bonds. The first-order valence-corrected chi connectivity index (χ1v) is 7.02. The molecule has 110 valence electrons. The van der Waals surface area contributed by atoms with Gasteiger partial charge >= 0.3 is 0 Å². The van der Waals surface area contributed by atoms with Gasteiger partial charge in [-0.3, -0.25) is 4.79 Å². The lowest BCUT2D eigenvalue weighted by atomic mass is 9.86. The van der Waals surface area contributed by atoms with Gasteiger partial charge in [-0.15, -0.1) is 0 Å². The molecule has 0 aromatic heterocycles. The summed E-state index contributed by atoms with van der Waals surface area (Å²) in [6.07, 6.45) is 0.570. The van der Waals surface area contributed by atoms with Crippen LogP contribution in [0.15, 0.2) is 18.2 Å². The van der Waals surface area contributed by atoms with Gasteiger partial charge in [0.15, 0.2) is 0 Å². The highest BCUT2D eigenvalue weighted by Gasteiger charge is 2.34. The molecule has 0 heterocycles. The molecule has 0 fully saturated rings. The van der Waals surface area contributed by atoms with Gasteiger partial charge in [0, 0.05) is 25.5 Å². The van der Waals surface area contributed by atoms with E-state index in [0.29, 0.717) is 6.42 Å². The third-order valence-electron chi connectivity index (χ3n) is 3.70. The molecule has 0 radical (unpaired) electrons. The van der Waals surface area contributed by atoms with Crippen LogP contribution in [0.4, 0.5) is 11.4 Å². The second-order valence-corrected chi connectivity index (χ2v) is 5.84. The second kappa shape index (κ2) is 6.22. The van der Waals surface area contributed by atoms with Crippen molar-refractivity contribution >= 4 is 34.5 Å². The largest absolute Gasteiger partial charge is 0.392 e. The van der Waals surface area contributed by atoms with Crippen molar-refractivity contribution in [2.75, 3.05) is 24.3 Å². The van der Waals surface area contributed by atoms with Crippen LogP contribution < -0.4 is 16.0 Å². The summed E-state index contributed by atoms with van der Waals surface area (Å²) in [5.41, 5.74) is 7.85. The van der Waals surface area contributed by atoms with Crippen molar-refractivity contribution in [3.8, 4) is 0 Å². The normalized spacial score (nSPS) is 13.4. The van der Waals surface area contributed by atoms with Crippen molar-refractivity contribution in [1.29, 1.82) is 0 Å². The van der Waals surface area contributed by atoms with Gasteiger partial charge in [-0.1, -0.05) is 25.2 Å². The van der Waals surface area contributed by atoms with Crippen molar-refractivity contribution in [3.05, 3.63) is 23.8 Å². The smallest absolute Gasteiger partial charge is 0.237 e. The maximum absolute atomic E-state index is 12.4. The first-order chi connectivity index (χ1) is 9.22. The lowest BCUT2D eigenvalue weighted by Gasteiger charge is -2.26. The average molecular weight is 293 g/mol. The lowest BCUT2D eigenvalue weighted by Crippen LogP contribution is -2.43. The SMILES string of the molecule is CCC(C)(C(=O)Nc1ccc(C)c(N(C)C)c1)C(N)=S. The number of carbonyl (C=O) groups is 1. The molecule has 0 aliphatic carbocycles. The summed E-state index contributed by atoms with van der Waals surface area (Å²) < 4.78 is 0. The third kappa shape index (κ3) is 3.28. The Kier molecular flexibility index (Phi) is 5.11. The topological polar surface area (TPSA) is 58.4 Å². The third-order valence-corrected chi connectivity index (χ3v) is 4.15. The Morgan fingerprint density at radius 1 is 1.45 bits per heavy atom. The molecule has 1 aromatic rings. The maximum atomic E-state index is 12.4. The summed E-state index contributed by atoms with van der Waals surface area (Å²) in [6.45, 7) is 5.71. The van der Waals surface area contributed by atoms with Gasteiger partial charge in [0.05, 0.1) is 10.4 Å². The fourth-order valence-electron chi connectivity index (χ4n) is 1.88. The molecule has 5 heteroatoms. The van der Waals surface area contributed by atoms with E-state index in [1.54, 1.807) is 6.92 Å². The standard InChI is InChI=1S/C15H23N3OS/c1-6-15(3,13(16)20)14(19)17-11-8-7-10(2)12(9-11)18(4)5/h7-9H,6H2,1-5H3,(H2,16,20)(H,17,19). The fourth-order valence-corrected chi connectivity index (χ4v) is 2.12. The van der Waals surface area contributed by atoms with Crippen LogP contribution in [0.5, 0.6) is 0 Å². The minimum Gasteiger partial charge on any atom is -0.392 e. The van der Waals surface area contributed by atoms with Gasteiger partial charge in [-0.2, -0.15) is 0 Å². The Bertz CT molecular complexity index is 528. The number of carbonyl (C=O) groups excluding carboxylic acids is 1. The van der Waals surface area contributed by atoms with Gasteiger partial charge in [-0.25, -0.2) is 0 Å². The van der Waals surface area contributed by atoms with E-state index in [2.05, 4.69) is 5.32 Å². The minimum absolute atomic E-state index is 0.166. The van der Waals surface area contributed by atoms with E-state index in [1.807, 2.05) is 51.0 Å². The van der Waals surface area contributed by atoms with Gasteiger partial charge in [0.1, 0.15) is 0 Å². The molecule has 4 nitrogen and oxygen atoms in total. The lowest BCUT2D eigenvalue weighted by molar-refractivity contribution is -0.121. The molecule has 0 saturated carbocycles. The minimum atomic E-state index is -0.821. The Hall–Kier alpha value is -1.62. The molecule has 0 saturated heterocycles. The van der Waals surface area contributed by atoms with Crippen LogP contribution in [0.1, 0.15) is 25.8 Å². The van der Waals surface area contributed by atoms with Crippen molar-refractivity contribution in [2.45, 2.75) is 27.2 Å². The Balaban J connectivity index is 3.02. The van der Waals surface area contributed by atoms with E-state index in [9.17, 15) is 4.79 Å². The zero-order chi connectivity index (χ0) is 15.5. The molecule has 20 heavy (non-hydrogen) atoms. The Labute approximate surface area is 126 Å². The van der Waals surface area contributed by atoms with E-state index < -0.39 is 5.41 Å². The number of nitrogens with two attached hydrogens (primary N) is 1. The maximum Gasteiger partial charge on any atom is 0.237 e. The predicted molar refractivity (Wildman–Crippen MR) is 89.3 cm³/mol. The number of amides is 1. The van der Waals surface area contributed by atoms with Gasteiger partial charge in [0.25, 0.3) is 0 Å². The summed E-state index contributed by atoms with van der Waals surface area (Å²) in [5, 5.41) is 2.90. The van der Waals surface area contributed by atoms with Crippen molar-refractivity contribution in [1.82, 2.24) is 0 Å². The predicted octanol–water partition coefficient (Wildman–Crippen LogP) is 2.70. The molecule has 1 aromatic carbocycles. The van der Waals surface area contributed by atoms with Gasteiger partial charge in [0.2, 0.25) is 5.91 Å². The number of aryl methyl sites for hydroxylation is 1. The molecular weight excluding hydrogens is 270 g/mol. The molecular formula is C15H23N3OS. The van der Waals surface area contributed by atoms with Crippen molar-refractivity contribution in [2.24, 2.45) is 11.1 Å². The highest BCUT2D eigenvalue weighted by Crippen LogP contribution is 2.27. The van der Waals surface area contributed by atoms with Crippen LogP contribution in [0.2, 0.25) is 0 Å². The quantitative estimate of drug-likeness (QED) is 0.820. The zero-order valence-electron chi connectivity index (χ0n) is 12.8. The van der Waals surface area contributed by atoms with E-state index in [-0.39, 0.29) is 10.9 Å². The van der Waals surface area contributed by atoms with E-state index in [0.717, 1.165) is 16.9 Å². The van der Waals surface area contributed by atoms with E-state index >= 15 is 0 Å². The van der Waals surface area contributed by atoms with Crippen molar-refractivity contribution in [3.63, 3.8) is 0 Å². The monoisotopic (exact) mass is 293 g/mol. The Morgan fingerprint density at radius 3 is 2.50 bits per heavy atom. The van der Waals surface area contributed by atoms with Gasteiger partial charge in [-0.05, 0) is 38.0 Å². The molecule has 3 N–H and O–H groups in total. The highest BCUT2D eigenvalue weighted by atomic mass is 32.1. The van der Waals surface area contributed by atoms with E-state index in [4.69, 9.17) is 18.0 Å². The average Bonchev–Trinajstić information content (AvgIpc) is 2.39. The second-order valence-electron chi connectivity index (χ2n) is 5.40. The molecule has 0 bridgehead atoms. The molecule has 0 spiro atoms. The van der Waals surface area contributed by atoms with Crippen LogP contribution >= 0.6 is 12.2 Å². The molecule has 1 rings (SSSR count). The van der Waals surface area contributed by atoms with Crippen LogP contribution in [0.3, 0.4) is 0 Å². The van der Waals surface area contributed by atoms with Crippen LogP contribution in [0, 0.1) is 12.3 Å². The number of rotatable bonds is 5. The summed E-state index contributed by atoms with van der Waals surface area (Å²) >= 11 is 5.02. The fraction of sp³-hybridized carbons (Fsp3) is 0.467. The molecule has 1 atom stereocenters. The molecule has 0 aliphatic heterocycles. The summed E-state index contributed by atoms with van der Waals surface area (Å²) in [4.78, 5) is 14.6. The molecule has 1 unspecified atom stereocenters. The van der Waals surface area contributed by atoms with Gasteiger partial charge < -0.3 is 16.0 Å². The van der Waals surface area contributed by atoms with Crippen LogP contribution in [-0.4, -0.2) is 25.0 Å². The molecule has 0 aliphatic rings. The number of hydrogen-bond donors (Lipinski definition) is 2. The summed E-state index contributed by atoms with van der Waals surface area (Å²) in [6, 6.07) is 5.81. The highest BCUT2D eigenvalue weighted by molar-refractivity contribution is 7.80. The van der Waals surface area contributed by atoms with Crippen LogP contribution in [0.25, 0.3) is 0 Å². The number of anilines is 2. The number of benzene rings is 1. The first kappa shape index (κ1) is 16.4. The Morgan fingerprint density at radius 2 is 2.05 bits per heavy atom.